The lowest BCUT2D eigenvalue weighted by molar-refractivity contribution is 0.223. The van der Waals surface area contributed by atoms with Crippen molar-refractivity contribution in [2.24, 2.45) is 5.73 Å². The highest BCUT2D eigenvalue weighted by molar-refractivity contribution is 5.50. The molecule has 0 saturated heterocycles. The third-order valence-electron chi connectivity index (χ3n) is 2.62. The lowest BCUT2D eigenvalue weighted by Crippen LogP contribution is -2.03. The Hall–Kier alpha value is -1.13. The normalized spacial score (nSPS) is 12.1. The van der Waals surface area contributed by atoms with Crippen LogP contribution < -0.4 is 5.73 Å². The largest absolute Gasteiger partial charge is 0.380 e. The van der Waals surface area contributed by atoms with E-state index in [1.807, 2.05) is 11.6 Å². The second-order valence-electron chi connectivity index (χ2n) is 4.15. The molecule has 0 aromatic carbocycles. The number of aryl methyl sites for hydroxylation is 2. The first-order valence-corrected chi connectivity index (χ1v) is 6.14. The molecular weight excluding hydrogens is 214 g/mol. The molecule has 0 atom stereocenters. The quantitative estimate of drug-likeness (QED) is 0.789. The van der Waals surface area contributed by atoms with E-state index >= 15 is 0 Å². The Morgan fingerprint density at radius 1 is 1.59 bits per heavy atom. The van der Waals surface area contributed by atoms with Gasteiger partial charge in [-0.05, 0) is 50.9 Å². The molecule has 1 rings (SSSR count). The van der Waals surface area contributed by atoms with Crippen LogP contribution in [0.25, 0.3) is 6.08 Å². The Morgan fingerprint density at radius 2 is 2.35 bits per heavy atom. The fraction of sp³-hybridized carbons (Fsp3) is 0.615. The van der Waals surface area contributed by atoms with Crippen molar-refractivity contribution in [3.05, 3.63) is 23.0 Å². The van der Waals surface area contributed by atoms with Crippen molar-refractivity contribution >= 4 is 6.08 Å². The molecule has 4 heteroatoms. The van der Waals surface area contributed by atoms with Crippen molar-refractivity contribution < 1.29 is 4.74 Å². The summed E-state index contributed by atoms with van der Waals surface area (Å²) in [6, 6.07) is 2.10. The molecule has 2 N–H and O–H groups in total. The second-order valence-corrected chi connectivity index (χ2v) is 4.15. The summed E-state index contributed by atoms with van der Waals surface area (Å²) in [4.78, 5) is 0. The number of nitrogens with zero attached hydrogens (tertiary/aromatic N) is 2. The number of rotatable bonds is 7. The van der Waals surface area contributed by atoms with E-state index in [1.165, 1.54) is 5.57 Å². The lowest BCUT2D eigenvalue weighted by Gasteiger charge is -2.06. The van der Waals surface area contributed by atoms with E-state index < -0.39 is 0 Å². The van der Waals surface area contributed by atoms with Crippen LogP contribution in [0.1, 0.15) is 31.2 Å². The van der Waals surface area contributed by atoms with E-state index in [9.17, 15) is 0 Å². The van der Waals surface area contributed by atoms with E-state index in [4.69, 9.17) is 10.5 Å². The van der Waals surface area contributed by atoms with Gasteiger partial charge in [-0.15, -0.1) is 0 Å². The zero-order valence-electron chi connectivity index (χ0n) is 11.1. The van der Waals surface area contributed by atoms with Crippen LogP contribution in [-0.2, 0) is 11.3 Å². The predicted octanol–water partition coefficient (Wildman–Crippen LogP) is 1.98. The number of hydrogen-bond acceptors (Lipinski definition) is 3. The summed E-state index contributed by atoms with van der Waals surface area (Å²) in [5, 5.41) is 4.43. The van der Waals surface area contributed by atoms with E-state index in [0.29, 0.717) is 13.2 Å². The molecule has 17 heavy (non-hydrogen) atoms. The van der Waals surface area contributed by atoms with E-state index in [-0.39, 0.29) is 0 Å². The van der Waals surface area contributed by atoms with Gasteiger partial charge in [-0.25, -0.2) is 0 Å². The van der Waals surface area contributed by atoms with E-state index in [0.717, 1.165) is 30.8 Å². The first-order chi connectivity index (χ1) is 8.21. The Labute approximate surface area is 103 Å². The minimum Gasteiger partial charge on any atom is -0.380 e. The molecular formula is C13H23N3O. The van der Waals surface area contributed by atoms with Gasteiger partial charge in [-0.3, -0.25) is 4.68 Å². The maximum Gasteiger partial charge on any atom is 0.0676 e. The van der Waals surface area contributed by atoms with Crippen molar-refractivity contribution in [2.45, 2.75) is 33.2 Å². The molecule has 0 amide bonds. The van der Waals surface area contributed by atoms with Crippen molar-refractivity contribution in [1.82, 2.24) is 9.78 Å². The summed E-state index contributed by atoms with van der Waals surface area (Å²) in [5.41, 5.74) is 9.01. The molecule has 0 fully saturated rings. The summed E-state index contributed by atoms with van der Waals surface area (Å²) in [7, 11) is 1.72. The van der Waals surface area contributed by atoms with Gasteiger partial charge in [0.2, 0.25) is 0 Å². The molecule has 0 aliphatic rings. The number of methoxy groups -OCH3 is 1. The highest BCUT2D eigenvalue weighted by Gasteiger charge is 2.03. The Balaban J connectivity index is 2.86. The van der Waals surface area contributed by atoms with Gasteiger partial charge in [0.25, 0.3) is 0 Å². The molecule has 1 heterocycles. The summed E-state index contributed by atoms with van der Waals surface area (Å²) < 4.78 is 7.22. The van der Waals surface area contributed by atoms with Crippen LogP contribution in [0.2, 0.25) is 0 Å². The molecule has 0 aliphatic heterocycles. The number of ether oxygens (including phenoxy) is 1. The SMILES string of the molecule is CCn1nc(C)cc1/C=C(/CCCN)COC. The molecule has 0 radical (unpaired) electrons. The monoisotopic (exact) mass is 237 g/mol. The molecule has 0 unspecified atom stereocenters. The van der Waals surface area contributed by atoms with Crippen molar-refractivity contribution in [3.63, 3.8) is 0 Å². The zero-order chi connectivity index (χ0) is 12.7. The molecule has 4 nitrogen and oxygen atoms in total. The Morgan fingerprint density at radius 3 is 2.94 bits per heavy atom. The fourth-order valence-electron chi connectivity index (χ4n) is 1.84. The molecule has 0 aliphatic carbocycles. The Bertz CT molecular complexity index is 369. The summed E-state index contributed by atoms with van der Waals surface area (Å²) in [6.07, 6.45) is 4.15. The summed E-state index contributed by atoms with van der Waals surface area (Å²) in [5.74, 6) is 0. The standard InChI is InChI=1S/C13H23N3O/c1-4-16-13(8-11(2)15-16)9-12(10-17-3)6-5-7-14/h8-9H,4-7,10,14H2,1-3H3/b12-9-. The zero-order valence-corrected chi connectivity index (χ0v) is 11.1. The van der Waals surface area contributed by atoms with Gasteiger partial charge in [0.1, 0.15) is 0 Å². The van der Waals surface area contributed by atoms with Gasteiger partial charge < -0.3 is 10.5 Å². The van der Waals surface area contributed by atoms with Crippen LogP contribution in [-0.4, -0.2) is 30.0 Å². The maximum atomic E-state index is 5.54. The van der Waals surface area contributed by atoms with E-state index in [2.05, 4.69) is 24.2 Å². The number of nitrogens with two attached hydrogens (primary N) is 1. The van der Waals surface area contributed by atoms with Crippen LogP contribution in [0.4, 0.5) is 0 Å². The van der Waals surface area contributed by atoms with Crippen LogP contribution in [0.3, 0.4) is 0 Å². The highest BCUT2D eigenvalue weighted by atomic mass is 16.5. The van der Waals surface area contributed by atoms with Crippen LogP contribution >= 0.6 is 0 Å². The average molecular weight is 237 g/mol. The van der Waals surface area contributed by atoms with Gasteiger partial charge in [-0.2, -0.15) is 5.10 Å². The third kappa shape index (κ3) is 4.32. The lowest BCUT2D eigenvalue weighted by atomic mass is 10.1. The molecule has 96 valence electrons. The van der Waals surface area contributed by atoms with Crippen LogP contribution in [0.5, 0.6) is 0 Å². The Kier molecular flexibility index (Phi) is 5.94. The van der Waals surface area contributed by atoms with Crippen molar-refractivity contribution in [1.29, 1.82) is 0 Å². The number of hydrogen-bond donors (Lipinski definition) is 1. The second kappa shape index (κ2) is 7.25. The third-order valence-corrected chi connectivity index (χ3v) is 2.62. The minimum absolute atomic E-state index is 0.661. The van der Waals surface area contributed by atoms with Gasteiger partial charge in [0.05, 0.1) is 18.0 Å². The highest BCUT2D eigenvalue weighted by Crippen LogP contribution is 2.13. The predicted molar refractivity (Wildman–Crippen MR) is 70.8 cm³/mol. The molecule has 0 saturated carbocycles. The molecule has 1 aromatic heterocycles. The van der Waals surface area contributed by atoms with Crippen LogP contribution in [0, 0.1) is 6.92 Å². The first kappa shape index (κ1) is 13.9. The van der Waals surface area contributed by atoms with Gasteiger partial charge in [0.15, 0.2) is 0 Å². The van der Waals surface area contributed by atoms with Crippen molar-refractivity contribution in [2.75, 3.05) is 20.3 Å². The van der Waals surface area contributed by atoms with Gasteiger partial charge in [-0.1, -0.05) is 0 Å². The molecule has 0 spiro atoms. The van der Waals surface area contributed by atoms with Crippen molar-refractivity contribution in [3.8, 4) is 0 Å². The maximum absolute atomic E-state index is 5.54. The topological polar surface area (TPSA) is 53.1 Å². The molecule has 1 aromatic rings. The smallest absolute Gasteiger partial charge is 0.0676 e. The summed E-state index contributed by atoms with van der Waals surface area (Å²) >= 11 is 0. The van der Waals surface area contributed by atoms with Crippen LogP contribution in [0.15, 0.2) is 11.6 Å². The van der Waals surface area contributed by atoms with E-state index in [1.54, 1.807) is 7.11 Å². The van der Waals surface area contributed by atoms with Gasteiger partial charge >= 0.3 is 0 Å². The number of aromatic nitrogens is 2. The fourth-order valence-corrected chi connectivity index (χ4v) is 1.84. The minimum atomic E-state index is 0.661. The molecule has 0 bridgehead atoms. The first-order valence-electron chi connectivity index (χ1n) is 6.14. The average Bonchev–Trinajstić information content (AvgIpc) is 2.66. The van der Waals surface area contributed by atoms with Gasteiger partial charge in [0, 0.05) is 13.7 Å². The summed E-state index contributed by atoms with van der Waals surface area (Å²) in [6.45, 7) is 6.37.